The Bertz CT molecular complexity index is 424. The van der Waals surface area contributed by atoms with Crippen LogP contribution in [-0.4, -0.2) is 61.5 Å². The number of carbonyl (C=O) groups is 1. The minimum atomic E-state index is 0. The van der Waals surface area contributed by atoms with Crippen molar-refractivity contribution in [2.45, 2.75) is 58.8 Å². The molecule has 0 radical (unpaired) electrons. The van der Waals surface area contributed by atoms with Crippen molar-refractivity contribution in [2.75, 3.05) is 45.8 Å². The van der Waals surface area contributed by atoms with Gasteiger partial charge in [0, 0.05) is 26.1 Å². The maximum absolute atomic E-state index is 12.8. The van der Waals surface area contributed by atoms with E-state index in [4.69, 9.17) is 0 Å². The molecule has 0 aromatic rings. The summed E-state index contributed by atoms with van der Waals surface area (Å²) in [6, 6.07) is 0. The van der Waals surface area contributed by atoms with E-state index < -0.39 is 0 Å². The quantitative estimate of drug-likeness (QED) is 0.732. The fraction of sp³-hybridized carbons (Fsp3) is 0.952. The van der Waals surface area contributed by atoms with Gasteiger partial charge in [-0.15, -0.1) is 24.8 Å². The van der Waals surface area contributed by atoms with Crippen LogP contribution in [0.2, 0.25) is 0 Å². The summed E-state index contributed by atoms with van der Waals surface area (Å²) in [7, 11) is 0. The number of likely N-dealkylation sites (tertiary alicyclic amines) is 2. The lowest BCUT2D eigenvalue weighted by atomic mass is 9.85. The van der Waals surface area contributed by atoms with Crippen LogP contribution >= 0.6 is 24.8 Å². The normalized spacial score (nSPS) is 28.7. The van der Waals surface area contributed by atoms with Gasteiger partial charge in [0.25, 0.3) is 0 Å². The molecule has 27 heavy (non-hydrogen) atoms. The number of rotatable bonds is 5. The zero-order chi connectivity index (χ0) is 17.6. The first-order valence-corrected chi connectivity index (χ1v) is 10.8. The van der Waals surface area contributed by atoms with Gasteiger partial charge in [-0.2, -0.15) is 0 Å². The molecule has 4 nitrogen and oxygen atoms in total. The largest absolute Gasteiger partial charge is 0.342 e. The third-order valence-corrected chi connectivity index (χ3v) is 6.90. The van der Waals surface area contributed by atoms with Crippen LogP contribution in [0.5, 0.6) is 0 Å². The first kappa shape index (κ1) is 25.0. The summed E-state index contributed by atoms with van der Waals surface area (Å²) in [4.78, 5) is 17.7. The third kappa shape index (κ3) is 7.72. The van der Waals surface area contributed by atoms with Crippen molar-refractivity contribution in [3.8, 4) is 0 Å². The molecular formula is C21H41Cl2N3O. The molecular weight excluding hydrogens is 381 g/mol. The molecule has 0 saturated carbocycles. The smallest absolute Gasteiger partial charge is 0.222 e. The van der Waals surface area contributed by atoms with E-state index in [1.54, 1.807) is 0 Å². The summed E-state index contributed by atoms with van der Waals surface area (Å²) in [6.45, 7) is 12.6. The molecule has 3 aliphatic rings. The van der Waals surface area contributed by atoms with Gasteiger partial charge in [0.05, 0.1) is 0 Å². The van der Waals surface area contributed by atoms with E-state index in [-0.39, 0.29) is 24.8 Å². The topological polar surface area (TPSA) is 35.6 Å². The molecule has 160 valence electrons. The Balaban J connectivity index is 0.00000182. The second-order valence-corrected chi connectivity index (χ2v) is 9.12. The van der Waals surface area contributed by atoms with Crippen molar-refractivity contribution >= 4 is 30.7 Å². The van der Waals surface area contributed by atoms with Crippen LogP contribution in [0.25, 0.3) is 0 Å². The number of amides is 1. The molecule has 3 fully saturated rings. The molecule has 6 heteroatoms. The average molecular weight is 422 g/mol. The number of hydrogen-bond acceptors (Lipinski definition) is 3. The zero-order valence-corrected chi connectivity index (χ0v) is 19.0. The van der Waals surface area contributed by atoms with Gasteiger partial charge in [-0.05, 0) is 88.4 Å². The number of nitrogens with one attached hydrogen (secondary N) is 1. The Morgan fingerprint density at radius 3 is 2.48 bits per heavy atom. The molecule has 3 heterocycles. The SMILES string of the molecule is CC1CCN(CC2CCCN(C(=O)CC(C)C3CCCNC3)C2)CC1.Cl.Cl. The molecule has 3 saturated heterocycles. The summed E-state index contributed by atoms with van der Waals surface area (Å²) >= 11 is 0. The van der Waals surface area contributed by atoms with E-state index in [0.29, 0.717) is 23.7 Å². The minimum absolute atomic E-state index is 0. The zero-order valence-electron chi connectivity index (χ0n) is 17.3. The Morgan fingerprint density at radius 2 is 1.81 bits per heavy atom. The van der Waals surface area contributed by atoms with Gasteiger partial charge < -0.3 is 15.1 Å². The number of piperidine rings is 3. The number of nitrogens with zero attached hydrogens (tertiary/aromatic N) is 2. The highest BCUT2D eigenvalue weighted by Crippen LogP contribution is 2.26. The number of carbonyl (C=O) groups excluding carboxylic acids is 1. The van der Waals surface area contributed by atoms with E-state index in [9.17, 15) is 4.79 Å². The lowest BCUT2D eigenvalue weighted by molar-refractivity contribution is -0.134. The molecule has 3 atom stereocenters. The van der Waals surface area contributed by atoms with Crippen molar-refractivity contribution in [1.29, 1.82) is 0 Å². The summed E-state index contributed by atoms with van der Waals surface area (Å²) < 4.78 is 0. The highest BCUT2D eigenvalue weighted by molar-refractivity contribution is 5.85. The van der Waals surface area contributed by atoms with Crippen LogP contribution in [0.1, 0.15) is 58.8 Å². The van der Waals surface area contributed by atoms with E-state index >= 15 is 0 Å². The Morgan fingerprint density at radius 1 is 1.07 bits per heavy atom. The van der Waals surface area contributed by atoms with Gasteiger partial charge >= 0.3 is 0 Å². The van der Waals surface area contributed by atoms with Crippen molar-refractivity contribution in [2.24, 2.45) is 23.7 Å². The first-order chi connectivity index (χ1) is 12.1. The molecule has 3 rings (SSSR count). The maximum atomic E-state index is 12.8. The van der Waals surface area contributed by atoms with Gasteiger partial charge in [-0.3, -0.25) is 4.79 Å². The molecule has 3 unspecified atom stereocenters. The van der Waals surface area contributed by atoms with Crippen LogP contribution in [0.15, 0.2) is 0 Å². The average Bonchev–Trinajstić information content (AvgIpc) is 2.64. The molecule has 0 aliphatic carbocycles. The minimum Gasteiger partial charge on any atom is -0.342 e. The predicted molar refractivity (Wildman–Crippen MR) is 118 cm³/mol. The Hall–Kier alpha value is -0.0300. The van der Waals surface area contributed by atoms with Gasteiger partial charge in [-0.1, -0.05) is 13.8 Å². The highest BCUT2D eigenvalue weighted by atomic mass is 35.5. The molecule has 3 aliphatic heterocycles. The molecule has 0 spiro atoms. The van der Waals surface area contributed by atoms with Crippen molar-refractivity contribution < 1.29 is 4.79 Å². The fourth-order valence-electron chi connectivity index (χ4n) is 4.99. The Kier molecular flexibility index (Phi) is 11.6. The van der Waals surface area contributed by atoms with E-state index in [1.807, 2.05) is 0 Å². The van der Waals surface area contributed by atoms with Crippen LogP contribution in [0.4, 0.5) is 0 Å². The summed E-state index contributed by atoms with van der Waals surface area (Å²) in [5.74, 6) is 3.21. The summed E-state index contributed by atoms with van der Waals surface area (Å²) in [6.07, 6.45) is 8.50. The van der Waals surface area contributed by atoms with Crippen LogP contribution in [0, 0.1) is 23.7 Å². The van der Waals surface area contributed by atoms with Gasteiger partial charge in [0.1, 0.15) is 0 Å². The van der Waals surface area contributed by atoms with E-state index in [0.717, 1.165) is 38.5 Å². The molecule has 0 aromatic heterocycles. The van der Waals surface area contributed by atoms with Crippen LogP contribution in [-0.2, 0) is 4.79 Å². The van der Waals surface area contributed by atoms with Crippen LogP contribution in [0.3, 0.4) is 0 Å². The van der Waals surface area contributed by atoms with Crippen molar-refractivity contribution in [3.05, 3.63) is 0 Å². The highest BCUT2D eigenvalue weighted by Gasteiger charge is 2.29. The lowest BCUT2D eigenvalue weighted by Gasteiger charge is -2.38. The molecule has 1 amide bonds. The summed E-state index contributed by atoms with van der Waals surface area (Å²) in [5.41, 5.74) is 0. The second kappa shape index (κ2) is 12.5. The third-order valence-electron chi connectivity index (χ3n) is 6.90. The van der Waals surface area contributed by atoms with Gasteiger partial charge in [0.2, 0.25) is 5.91 Å². The second-order valence-electron chi connectivity index (χ2n) is 9.12. The molecule has 0 bridgehead atoms. The fourth-order valence-corrected chi connectivity index (χ4v) is 4.99. The Labute approximate surface area is 179 Å². The maximum Gasteiger partial charge on any atom is 0.222 e. The lowest BCUT2D eigenvalue weighted by Crippen LogP contribution is -2.46. The number of hydrogen-bond donors (Lipinski definition) is 1. The van der Waals surface area contributed by atoms with Crippen molar-refractivity contribution in [1.82, 2.24) is 15.1 Å². The number of halogens is 2. The van der Waals surface area contributed by atoms with Crippen molar-refractivity contribution in [3.63, 3.8) is 0 Å². The molecule has 1 N–H and O–H groups in total. The van der Waals surface area contributed by atoms with Crippen LogP contribution < -0.4 is 5.32 Å². The van der Waals surface area contributed by atoms with E-state index in [2.05, 4.69) is 29.0 Å². The molecule has 0 aromatic carbocycles. The summed E-state index contributed by atoms with van der Waals surface area (Å²) in [5, 5.41) is 3.49. The standard InChI is InChI=1S/C21H39N3O.2ClH/c1-17-7-11-23(12-8-17)15-19-5-4-10-24(16-19)21(25)13-18(2)20-6-3-9-22-14-20;;/h17-20,22H,3-16H2,1-2H3;2*1H. The first-order valence-electron chi connectivity index (χ1n) is 10.8. The van der Waals surface area contributed by atoms with E-state index in [1.165, 1.54) is 58.2 Å². The predicted octanol–water partition coefficient (Wildman–Crippen LogP) is 3.83. The van der Waals surface area contributed by atoms with Gasteiger partial charge in [0.15, 0.2) is 0 Å². The monoisotopic (exact) mass is 421 g/mol. The van der Waals surface area contributed by atoms with Gasteiger partial charge in [-0.25, -0.2) is 0 Å².